The van der Waals surface area contributed by atoms with Crippen molar-refractivity contribution in [3.63, 3.8) is 0 Å². The molecule has 21 heavy (non-hydrogen) atoms. The number of hydrogen-bond donors (Lipinski definition) is 2. The number of carbonyl (C=O) groups is 1. The van der Waals surface area contributed by atoms with Gasteiger partial charge in [0, 0.05) is 35.9 Å². The van der Waals surface area contributed by atoms with Gasteiger partial charge in [0.1, 0.15) is 0 Å². The third-order valence-corrected chi connectivity index (χ3v) is 3.61. The van der Waals surface area contributed by atoms with Crippen molar-refractivity contribution >= 4 is 23.2 Å². The molecule has 118 valence electrons. The lowest BCUT2D eigenvalue weighted by Crippen LogP contribution is -2.37. The minimum atomic E-state index is 0.0341. The molecule has 0 spiro atoms. The normalized spacial score (nSPS) is 10.5. The number of benzene rings is 1. The quantitative estimate of drug-likeness (QED) is 0.689. The SMILES string of the molecule is CCCNCc1c(Cl)cccc1N(CC)CC(=O)NCC. The molecule has 0 aliphatic rings. The summed E-state index contributed by atoms with van der Waals surface area (Å²) in [7, 11) is 0. The molecule has 0 fully saturated rings. The third kappa shape index (κ3) is 5.56. The second-order valence-corrected chi connectivity index (χ2v) is 5.29. The Kier molecular flexibility index (Phi) is 8.16. The van der Waals surface area contributed by atoms with E-state index < -0.39 is 0 Å². The van der Waals surface area contributed by atoms with Gasteiger partial charge >= 0.3 is 0 Å². The Morgan fingerprint density at radius 3 is 2.67 bits per heavy atom. The summed E-state index contributed by atoms with van der Waals surface area (Å²) in [5, 5.41) is 6.96. The zero-order valence-corrected chi connectivity index (χ0v) is 14.0. The molecule has 2 N–H and O–H groups in total. The van der Waals surface area contributed by atoms with Crippen LogP contribution in [0.25, 0.3) is 0 Å². The Hall–Kier alpha value is -1.26. The maximum absolute atomic E-state index is 11.8. The Bertz CT molecular complexity index is 451. The van der Waals surface area contributed by atoms with E-state index >= 15 is 0 Å². The van der Waals surface area contributed by atoms with Gasteiger partial charge in [-0.05, 0) is 38.9 Å². The monoisotopic (exact) mass is 311 g/mol. The van der Waals surface area contributed by atoms with Gasteiger partial charge < -0.3 is 15.5 Å². The van der Waals surface area contributed by atoms with Gasteiger partial charge in [-0.15, -0.1) is 0 Å². The Labute approximate surface area is 132 Å². The average molecular weight is 312 g/mol. The summed E-state index contributed by atoms with van der Waals surface area (Å²) in [4.78, 5) is 13.9. The molecule has 5 heteroatoms. The molecular weight excluding hydrogens is 286 g/mol. The van der Waals surface area contributed by atoms with Crippen LogP contribution in [0.1, 0.15) is 32.8 Å². The van der Waals surface area contributed by atoms with Gasteiger partial charge in [-0.2, -0.15) is 0 Å². The fraction of sp³-hybridized carbons (Fsp3) is 0.562. The third-order valence-electron chi connectivity index (χ3n) is 3.25. The number of nitrogens with zero attached hydrogens (tertiary/aromatic N) is 1. The van der Waals surface area contributed by atoms with Crippen molar-refractivity contribution < 1.29 is 4.79 Å². The van der Waals surface area contributed by atoms with Crippen LogP contribution in [-0.2, 0) is 11.3 Å². The summed E-state index contributed by atoms with van der Waals surface area (Å²) in [5.41, 5.74) is 2.08. The molecule has 1 rings (SSSR count). The molecule has 0 bridgehead atoms. The van der Waals surface area contributed by atoms with Crippen LogP contribution < -0.4 is 15.5 Å². The maximum Gasteiger partial charge on any atom is 0.239 e. The van der Waals surface area contributed by atoms with Crippen molar-refractivity contribution in [1.82, 2.24) is 10.6 Å². The largest absolute Gasteiger partial charge is 0.362 e. The topological polar surface area (TPSA) is 44.4 Å². The number of likely N-dealkylation sites (N-methyl/N-ethyl adjacent to an activating group) is 2. The van der Waals surface area contributed by atoms with Gasteiger partial charge in [-0.3, -0.25) is 4.79 Å². The summed E-state index contributed by atoms with van der Waals surface area (Å²) >= 11 is 6.34. The van der Waals surface area contributed by atoms with Gasteiger partial charge in [0.25, 0.3) is 0 Å². The number of rotatable bonds is 9. The number of nitrogens with one attached hydrogen (secondary N) is 2. The highest BCUT2D eigenvalue weighted by molar-refractivity contribution is 6.31. The summed E-state index contributed by atoms with van der Waals surface area (Å²) in [6.07, 6.45) is 1.08. The minimum Gasteiger partial charge on any atom is -0.362 e. The molecule has 0 saturated heterocycles. The summed E-state index contributed by atoms with van der Waals surface area (Å²) < 4.78 is 0. The van der Waals surface area contributed by atoms with Crippen molar-refractivity contribution in [2.24, 2.45) is 0 Å². The standard InChI is InChI=1S/C16H26ClN3O/c1-4-10-18-11-13-14(17)8-7-9-15(13)20(6-3)12-16(21)19-5-2/h7-9,18H,4-6,10-12H2,1-3H3,(H,19,21). The number of carbonyl (C=O) groups excluding carboxylic acids is 1. The van der Waals surface area contributed by atoms with Gasteiger partial charge in [-0.25, -0.2) is 0 Å². The van der Waals surface area contributed by atoms with E-state index in [-0.39, 0.29) is 5.91 Å². The van der Waals surface area contributed by atoms with Crippen molar-refractivity contribution in [1.29, 1.82) is 0 Å². The molecule has 0 aliphatic heterocycles. The van der Waals surface area contributed by atoms with Crippen LogP contribution in [0.5, 0.6) is 0 Å². The molecule has 0 unspecified atom stereocenters. The molecule has 0 aliphatic carbocycles. The molecule has 0 heterocycles. The van der Waals surface area contributed by atoms with Crippen LogP contribution in [-0.4, -0.2) is 32.1 Å². The molecule has 1 aromatic rings. The first-order valence-electron chi connectivity index (χ1n) is 7.63. The van der Waals surface area contributed by atoms with Gasteiger partial charge in [0.15, 0.2) is 0 Å². The van der Waals surface area contributed by atoms with Crippen LogP contribution in [0, 0.1) is 0 Å². The predicted octanol–water partition coefficient (Wildman–Crippen LogP) is 2.80. The highest BCUT2D eigenvalue weighted by Crippen LogP contribution is 2.27. The van der Waals surface area contributed by atoms with Crippen LogP contribution in [0.2, 0.25) is 5.02 Å². The summed E-state index contributed by atoms with van der Waals surface area (Å²) in [6, 6.07) is 5.85. The highest BCUT2D eigenvalue weighted by Gasteiger charge is 2.15. The number of anilines is 1. The molecule has 0 radical (unpaired) electrons. The Morgan fingerprint density at radius 1 is 1.29 bits per heavy atom. The summed E-state index contributed by atoms with van der Waals surface area (Å²) in [5.74, 6) is 0.0341. The molecule has 1 aromatic carbocycles. The van der Waals surface area contributed by atoms with E-state index in [0.717, 1.165) is 42.3 Å². The van der Waals surface area contributed by atoms with E-state index in [1.54, 1.807) is 0 Å². The smallest absolute Gasteiger partial charge is 0.239 e. The van der Waals surface area contributed by atoms with Gasteiger partial charge in [0.05, 0.1) is 6.54 Å². The molecule has 4 nitrogen and oxygen atoms in total. The van der Waals surface area contributed by atoms with Crippen molar-refractivity contribution in [3.8, 4) is 0 Å². The lowest BCUT2D eigenvalue weighted by atomic mass is 10.1. The van der Waals surface area contributed by atoms with Gasteiger partial charge in [0.2, 0.25) is 5.91 Å². The number of hydrogen-bond acceptors (Lipinski definition) is 3. The van der Waals surface area contributed by atoms with E-state index in [9.17, 15) is 4.79 Å². The Balaban J connectivity index is 2.91. The van der Waals surface area contributed by atoms with Crippen LogP contribution >= 0.6 is 11.6 Å². The molecule has 0 atom stereocenters. The zero-order chi connectivity index (χ0) is 15.7. The second-order valence-electron chi connectivity index (χ2n) is 4.88. The lowest BCUT2D eigenvalue weighted by Gasteiger charge is -2.26. The predicted molar refractivity (Wildman–Crippen MR) is 90.0 cm³/mol. The van der Waals surface area contributed by atoms with E-state index in [1.807, 2.05) is 32.0 Å². The lowest BCUT2D eigenvalue weighted by molar-refractivity contribution is -0.119. The van der Waals surface area contributed by atoms with Crippen LogP contribution in [0.3, 0.4) is 0 Å². The van der Waals surface area contributed by atoms with E-state index in [4.69, 9.17) is 11.6 Å². The second kappa shape index (κ2) is 9.64. The number of amides is 1. The maximum atomic E-state index is 11.8. The molecule has 0 aromatic heterocycles. The van der Waals surface area contributed by atoms with Crippen LogP contribution in [0.4, 0.5) is 5.69 Å². The van der Waals surface area contributed by atoms with E-state index in [0.29, 0.717) is 13.1 Å². The van der Waals surface area contributed by atoms with E-state index in [2.05, 4.69) is 22.5 Å². The highest BCUT2D eigenvalue weighted by atomic mass is 35.5. The van der Waals surface area contributed by atoms with Crippen LogP contribution in [0.15, 0.2) is 18.2 Å². The van der Waals surface area contributed by atoms with Crippen molar-refractivity contribution in [2.75, 3.05) is 31.1 Å². The van der Waals surface area contributed by atoms with Crippen molar-refractivity contribution in [2.45, 2.75) is 33.7 Å². The zero-order valence-electron chi connectivity index (χ0n) is 13.2. The fourth-order valence-corrected chi connectivity index (χ4v) is 2.44. The summed E-state index contributed by atoms with van der Waals surface area (Å²) in [6.45, 7) is 9.54. The van der Waals surface area contributed by atoms with Crippen molar-refractivity contribution in [3.05, 3.63) is 28.8 Å². The van der Waals surface area contributed by atoms with E-state index in [1.165, 1.54) is 0 Å². The average Bonchev–Trinajstić information content (AvgIpc) is 2.47. The first-order chi connectivity index (χ1) is 10.1. The minimum absolute atomic E-state index is 0.0341. The fourth-order valence-electron chi connectivity index (χ4n) is 2.20. The molecule has 1 amide bonds. The first kappa shape index (κ1) is 17.8. The molecular formula is C16H26ClN3O. The number of halogens is 1. The first-order valence-corrected chi connectivity index (χ1v) is 8.01. The molecule has 0 saturated carbocycles. The van der Waals surface area contributed by atoms with Gasteiger partial charge in [-0.1, -0.05) is 24.6 Å². The Morgan fingerprint density at radius 2 is 2.05 bits per heavy atom.